The van der Waals surface area contributed by atoms with E-state index < -0.39 is 0 Å². The highest BCUT2D eigenvalue weighted by Crippen LogP contribution is 2.27. The van der Waals surface area contributed by atoms with E-state index in [2.05, 4.69) is 15.2 Å². The number of benzene rings is 1. The molecule has 1 aliphatic rings. The molecular formula is C26H33N5O3. The monoisotopic (exact) mass is 463 g/mol. The third-order valence-electron chi connectivity index (χ3n) is 6.32. The molecule has 1 saturated heterocycles. The van der Waals surface area contributed by atoms with Gasteiger partial charge in [0.15, 0.2) is 0 Å². The third kappa shape index (κ3) is 4.63. The fraction of sp³-hybridized carbons (Fsp3) is 0.423. The Labute approximate surface area is 200 Å². The average Bonchev–Trinajstić information content (AvgIpc) is 3.25. The molecule has 0 spiro atoms. The number of aryl methyl sites for hydroxylation is 2. The van der Waals surface area contributed by atoms with Crippen molar-refractivity contribution in [3.8, 4) is 17.1 Å². The van der Waals surface area contributed by atoms with Crippen LogP contribution in [0.2, 0.25) is 0 Å². The second kappa shape index (κ2) is 10.3. The van der Waals surface area contributed by atoms with Gasteiger partial charge in [0.2, 0.25) is 0 Å². The van der Waals surface area contributed by atoms with E-state index in [1.807, 2.05) is 57.2 Å². The maximum Gasteiger partial charge on any atom is 0.277 e. The molecule has 1 N–H and O–H groups in total. The van der Waals surface area contributed by atoms with E-state index in [-0.39, 0.29) is 17.7 Å². The number of hydrogen-bond donors (Lipinski definition) is 1. The van der Waals surface area contributed by atoms with Crippen LogP contribution in [0.25, 0.3) is 11.4 Å². The van der Waals surface area contributed by atoms with Crippen LogP contribution in [0.5, 0.6) is 5.75 Å². The molecule has 3 aromatic rings. The smallest absolute Gasteiger partial charge is 0.277 e. The molecule has 1 aromatic carbocycles. The normalized spacial score (nSPS) is 17.7. The molecular weight excluding hydrogens is 430 g/mol. The summed E-state index contributed by atoms with van der Waals surface area (Å²) in [7, 11) is 3.42. The summed E-state index contributed by atoms with van der Waals surface area (Å²) in [5.41, 5.74) is 3.11. The van der Waals surface area contributed by atoms with Crippen LogP contribution in [0.1, 0.15) is 25.1 Å². The molecule has 0 unspecified atom stereocenters. The summed E-state index contributed by atoms with van der Waals surface area (Å²) in [6.45, 7) is 8.01. The highest BCUT2D eigenvalue weighted by atomic mass is 16.5. The summed E-state index contributed by atoms with van der Waals surface area (Å²) in [4.78, 5) is 25.1. The van der Waals surface area contributed by atoms with Gasteiger partial charge in [0.1, 0.15) is 23.1 Å². The summed E-state index contributed by atoms with van der Waals surface area (Å²) >= 11 is 0. The first kappa shape index (κ1) is 23.8. The second-order valence-electron chi connectivity index (χ2n) is 8.49. The van der Waals surface area contributed by atoms with Crippen molar-refractivity contribution in [2.45, 2.75) is 39.3 Å². The molecule has 8 nitrogen and oxygen atoms in total. The van der Waals surface area contributed by atoms with E-state index >= 15 is 0 Å². The number of nitrogens with one attached hydrogen (secondary N) is 1. The molecule has 1 fully saturated rings. The molecule has 4 rings (SSSR count). The van der Waals surface area contributed by atoms with Crippen molar-refractivity contribution >= 4 is 11.5 Å². The minimum Gasteiger partial charge on any atom is -0.497 e. The van der Waals surface area contributed by atoms with Crippen LogP contribution in [0, 0.1) is 6.92 Å². The quantitative estimate of drug-likeness (QED) is 0.548. The van der Waals surface area contributed by atoms with Gasteiger partial charge in [0.25, 0.3) is 5.56 Å². The van der Waals surface area contributed by atoms with Crippen molar-refractivity contribution in [1.82, 2.24) is 14.5 Å². The number of nitrogens with zero attached hydrogens (tertiary/aromatic N) is 4. The molecule has 1 aliphatic heterocycles. The molecule has 0 radical (unpaired) electrons. The van der Waals surface area contributed by atoms with Crippen LogP contribution < -0.4 is 20.5 Å². The Bertz CT molecular complexity index is 1200. The van der Waals surface area contributed by atoms with Crippen molar-refractivity contribution in [3.63, 3.8) is 0 Å². The van der Waals surface area contributed by atoms with E-state index in [1.54, 1.807) is 24.9 Å². The highest BCUT2D eigenvalue weighted by Gasteiger charge is 2.35. The third-order valence-corrected chi connectivity index (χ3v) is 6.32. The Morgan fingerprint density at radius 1 is 1.18 bits per heavy atom. The summed E-state index contributed by atoms with van der Waals surface area (Å²) < 4.78 is 13.0. The minimum atomic E-state index is -0.0939. The van der Waals surface area contributed by atoms with Crippen molar-refractivity contribution in [1.29, 1.82) is 0 Å². The maximum atomic E-state index is 13.5. The topological polar surface area (TPSA) is 81.5 Å². The van der Waals surface area contributed by atoms with E-state index in [0.717, 1.165) is 28.4 Å². The second-order valence-corrected chi connectivity index (χ2v) is 8.49. The van der Waals surface area contributed by atoms with Gasteiger partial charge >= 0.3 is 0 Å². The van der Waals surface area contributed by atoms with Gasteiger partial charge in [-0.05, 0) is 56.2 Å². The molecule has 0 aliphatic carbocycles. The SMILES string of the molecule is CCO[C@@H]1CN(c2ccccn2)C[C@H]1Nc1c(CC)nc(-c2ccc(OC)cc2C)n(C)c1=O. The molecule has 0 saturated carbocycles. The Kier molecular flexibility index (Phi) is 7.17. The Balaban J connectivity index is 1.68. The molecule has 2 atom stereocenters. The molecule has 8 heteroatoms. The number of rotatable bonds is 8. The molecule has 34 heavy (non-hydrogen) atoms. The van der Waals surface area contributed by atoms with Crippen LogP contribution in [-0.4, -0.2) is 53.5 Å². The van der Waals surface area contributed by atoms with E-state index in [9.17, 15) is 4.79 Å². The lowest BCUT2D eigenvalue weighted by Crippen LogP contribution is -2.38. The van der Waals surface area contributed by atoms with Gasteiger partial charge in [-0.2, -0.15) is 0 Å². The number of pyridine rings is 1. The number of hydrogen-bond acceptors (Lipinski definition) is 7. The average molecular weight is 464 g/mol. The number of methoxy groups -OCH3 is 1. The van der Waals surface area contributed by atoms with Gasteiger partial charge in [0.05, 0.1) is 24.9 Å². The van der Waals surface area contributed by atoms with Gasteiger partial charge in [-0.3, -0.25) is 9.36 Å². The fourth-order valence-corrected chi connectivity index (χ4v) is 4.51. The largest absolute Gasteiger partial charge is 0.497 e. The van der Waals surface area contributed by atoms with Crippen LogP contribution in [0.15, 0.2) is 47.4 Å². The van der Waals surface area contributed by atoms with Crippen LogP contribution in [0.3, 0.4) is 0 Å². The molecule has 2 aromatic heterocycles. The molecule has 3 heterocycles. The van der Waals surface area contributed by atoms with Crippen molar-refractivity contribution in [2.75, 3.05) is 37.0 Å². The van der Waals surface area contributed by atoms with Crippen LogP contribution in [-0.2, 0) is 18.2 Å². The number of aromatic nitrogens is 3. The maximum absolute atomic E-state index is 13.5. The van der Waals surface area contributed by atoms with Crippen molar-refractivity contribution in [2.24, 2.45) is 7.05 Å². The standard InChI is InChI=1S/C26H33N5O3/c1-6-20-24(26(32)30(4)25(29-20)19-12-11-18(33-5)14-17(19)3)28-21-15-31(16-22(21)34-7-2)23-10-8-9-13-27-23/h8-14,21-22,28H,6-7,15-16H2,1-5H3/t21-,22-/m1/s1. The van der Waals surface area contributed by atoms with Crippen molar-refractivity contribution in [3.05, 3.63) is 64.2 Å². The van der Waals surface area contributed by atoms with Crippen molar-refractivity contribution < 1.29 is 9.47 Å². The van der Waals surface area contributed by atoms with E-state index in [1.165, 1.54) is 0 Å². The summed E-state index contributed by atoms with van der Waals surface area (Å²) in [5, 5.41) is 3.51. The fourth-order valence-electron chi connectivity index (χ4n) is 4.51. The Morgan fingerprint density at radius 3 is 2.65 bits per heavy atom. The molecule has 0 bridgehead atoms. The van der Waals surface area contributed by atoms with Gasteiger partial charge in [-0.25, -0.2) is 9.97 Å². The van der Waals surface area contributed by atoms with Gasteiger partial charge in [-0.15, -0.1) is 0 Å². The van der Waals surface area contributed by atoms with Crippen LogP contribution >= 0.6 is 0 Å². The number of anilines is 2. The Hall–Kier alpha value is -3.39. The Morgan fingerprint density at radius 2 is 2.00 bits per heavy atom. The summed E-state index contributed by atoms with van der Waals surface area (Å²) in [5.74, 6) is 2.33. The zero-order valence-electron chi connectivity index (χ0n) is 20.5. The van der Waals surface area contributed by atoms with Gasteiger partial charge in [0, 0.05) is 38.5 Å². The lowest BCUT2D eigenvalue weighted by Gasteiger charge is -2.23. The van der Waals surface area contributed by atoms with Crippen LogP contribution in [0.4, 0.5) is 11.5 Å². The molecule has 0 amide bonds. The summed E-state index contributed by atoms with van der Waals surface area (Å²) in [6, 6.07) is 11.6. The zero-order valence-corrected chi connectivity index (χ0v) is 20.5. The summed E-state index contributed by atoms with van der Waals surface area (Å²) in [6.07, 6.45) is 2.36. The zero-order chi connectivity index (χ0) is 24.2. The predicted molar refractivity (Wildman–Crippen MR) is 135 cm³/mol. The van der Waals surface area contributed by atoms with Gasteiger partial charge in [-0.1, -0.05) is 13.0 Å². The first-order chi connectivity index (χ1) is 16.5. The highest BCUT2D eigenvalue weighted by molar-refractivity contribution is 5.64. The molecule has 180 valence electrons. The van der Waals surface area contributed by atoms with Gasteiger partial charge < -0.3 is 19.7 Å². The first-order valence-electron chi connectivity index (χ1n) is 11.8. The minimum absolute atomic E-state index is 0.0599. The van der Waals surface area contributed by atoms with E-state index in [4.69, 9.17) is 14.5 Å². The first-order valence-corrected chi connectivity index (χ1v) is 11.8. The lowest BCUT2D eigenvalue weighted by molar-refractivity contribution is 0.0719. The number of ether oxygens (including phenoxy) is 2. The predicted octanol–water partition coefficient (Wildman–Crippen LogP) is 3.43. The van der Waals surface area contributed by atoms with E-state index in [0.29, 0.717) is 37.6 Å². The lowest BCUT2D eigenvalue weighted by atomic mass is 10.1.